The van der Waals surface area contributed by atoms with Gasteiger partial charge in [-0.05, 0) is 50.8 Å². The van der Waals surface area contributed by atoms with Crippen LogP contribution in [0.5, 0.6) is 0 Å². The molecule has 1 N–H and O–H groups in total. The maximum atomic E-state index is 11.9. The Bertz CT molecular complexity index is 380. The summed E-state index contributed by atoms with van der Waals surface area (Å²) in [5.41, 5.74) is 0.686. The Labute approximate surface area is 125 Å². The number of hydrogen-bond acceptors (Lipinski definition) is 2. The average molecular weight is 434 g/mol. The van der Waals surface area contributed by atoms with Crippen LogP contribution in [0.3, 0.4) is 0 Å². The van der Waals surface area contributed by atoms with Crippen molar-refractivity contribution in [2.45, 2.75) is 19.9 Å². The van der Waals surface area contributed by atoms with Crippen molar-refractivity contribution < 1.29 is 4.79 Å². The minimum absolute atomic E-state index is 0.0332. The monoisotopic (exact) mass is 431 g/mol. The molecule has 1 rings (SSSR count). The molecule has 1 amide bonds. The van der Waals surface area contributed by atoms with E-state index < -0.39 is 0 Å². The first-order valence-corrected chi connectivity index (χ1v) is 8.29. The minimum atomic E-state index is -0.0332. The molecular formula is C10H12Br3NOS. The van der Waals surface area contributed by atoms with E-state index in [2.05, 4.69) is 60.0 Å². The highest BCUT2D eigenvalue weighted by atomic mass is 79.9. The van der Waals surface area contributed by atoms with Gasteiger partial charge in [0.25, 0.3) is 5.91 Å². The average Bonchev–Trinajstić information content (AvgIpc) is 2.56. The fraction of sp³-hybridized carbons (Fsp3) is 0.500. The van der Waals surface area contributed by atoms with Crippen LogP contribution in [0.1, 0.15) is 24.2 Å². The van der Waals surface area contributed by atoms with Crippen LogP contribution < -0.4 is 5.32 Å². The molecule has 0 radical (unpaired) electrons. The number of carbonyl (C=O) groups excluding carboxylic acids is 1. The highest BCUT2D eigenvalue weighted by Crippen LogP contribution is 2.31. The fourth-order valence-corrected chi connectivity index (χ4v) is 4.41. The third-order valence-electron chi connectivity index (χ3n) is 2.36. The lowest BCUT2D eigenvalue weighted by atomic mass is 10.1. The van der Waals surface area contributed by atoms with Gasteiger partial charge in [0.15, 0.2) is 0 Å². The second-order valence-corrected chi connectivity index (χ2v) is 8.03. The van der Waals surface area contributed by atoms with E-state index in [0.29, 0.717) is 11.5 Å². The number of halogens is 3. The van der Waals surface area contributed by atoms with Crippen LogP contribution in [-0.4, -0.2) is 17.3 Å². The molecular weight excluding hydrogens is 422 g/mol. The zero-order valence-corrected chi connectivity index (χ0v) is 14.5. The quantitative estimate of drug-likeness (QED) is 0.699. The summed E-state index contributed by atoms with van der Waals surface area (Å²) >= 11 is 11.7. The number of thiophene rings is 1. The molecule has 0 aliphatic heterocycles. The van der Waals surface area contributed by atoms with Gasteiger partial charge in [0.2, 0.25) is 0 Å². The molecule has 0 spiro atoms. The van der Waals surface area contributed by atoms with Crippen LogP contribution in [0.25, 0.3) is 0 Å². The summed E-state index contributed by atoms with van der Waals surface area (Å²) < 4.78 is 1.81. The van der Waals surface area contributed by atoms with Crippen molar-refractivity contribution in [3.05, 3.63) is 19.2 Å². The van der Waals surface area contributed by atoms with Crippen LogP contribution in [0.4, 0.5) is 0 Å². The maximum absolute atomic E-state index is 11.9. The molecule has 2 nitrogen and oxygen atoms in total. The van der Waals surface area contributed by atoms with E-state index >= 15 is 0 Å². The third kappa shape index (κ3) is 3.82. The van der Waals surface area contributed by atoms with E-state index in [1.807, 2.05) is 13.0 Å². The predicted molar refractivity (Wildman–Crippen MR) is 79.6 cm³/mol. The first kappa shape index (κ1) is 14.7. The molecule has 1 aromatic rings. The van der Waals surface area contributed by atoms with Crippen molar-refractivity contribution in [2.75, 3.05) is 5.33 Å². The topological polar surface area (TPSA) is 29.1 Å². The summed E-state index contributed by atoms with van der Waals surface area (Å²) in [5.74, 6) is 0.374. The highest BCUT2D eigenvalue weighted by Gasteiger charge is 2.18. The number of hydrogen-bond donors (Lipinski definition) is 1. The van der Waals surface area contributed by atoms with E-state index in [1.165, 1.54) is 11.3 Å². The van der Waals surface area contributed by atoms with Crippen molar-refractivity contribution in [1.29, 1.82) is 0 Å². The van der Waals surface area contributed by atoms with Gasteiger partial charge in [0, 0.05) is 11.4 Å². The minimum Gasteiger partial charge on any atom is -0.349 e. The van der Waals surface area contributed by atoms with Crippen LogP contribution in [0, 0.1) is 5.92 Å². The van der Waals surface area contributed by atoms with Gasteiger partial charge in [0.05, 0.1) is 13.1 Å². The number of amides is 1. The molecule has 16 heavy (non-hydrogen) atoms. The first-order chi connectivity index (χ1) is 7.45. The summed E-state index contributed by atoms with van der Waals surface area (Å²) in [6.07, 6.45) is 0. The van der Waals surface area contributed by atoms with Crippen molar-refractivity contribution in [3.8, 4) is 0 Å². The molecule has 2 atom stereocenters. The van der Waals surface area contributed by atoms with Gasteiger partial charge >= 0.3 is 0 Å². The third-order valence-corrected chi connectivity index (χ3v) is 5.72. The second kappa shape index (κ2) is 6.52. The SMILES string of the molecule is CC(CBr)C(C)NC(=O)c1cc(Br)sc1Br. The molecule has 1 heterocycles. The number of alkyl halides is 1. The van der Waals surface area contributed by atoms with Crippen molar-refractivity contribution in [3.63, 3.8) is 0 Å². The molecule has 2 unspecified atom stereocenters. The van der Waals surface area contributed by atoms with Gasteiger partial charge in [-0.3, -0.25) is 4.79 Å². The molecule has 6 heteroatoms. The molecule has 90 valence electrons. The molecule has 0 saturated heterocycles. The molecule has 0 aromatic carbocycles. The van der Waals surface area contributed by atoms with Gasteiger partial charge in [-0.25, -0.2) is 0 Å². The van der Waals surface area contributed by atoms with Crippen LogP contribution in [0.15, 0.2) is 13.6 Å². The van der Waals surface area contributed by atoms with E-state index in [1.54, 1.807) is 0 Å². The molecule has 0 bridgehead atoms. The van der Waals surface area contributed by atoms with Crippen LogP contribution >= 0.6 is 59.1 Å². The Balaban J connectivity index is 2.69. The van der Waals surface area contributed by atoms with Gasteiger partial charge < -0.3 is 5.32 Å². The normalized spacial score (nSPS) is 14.6. The zero-order valence-electron chi connectivity index (χ0n) is 8.89. The molecule has 0 fully saturated rings. The zero-order chi connectivity index (χ0) is 12.3. The van der Waals surface area contributed by atoms with Crippen LogP contribution in [0.2, 0.25) is 0 Å². The first-order valence-electron chi connectivity index (χ1n) is 4.77. The van der Waals surface area contributed by atoms with Crippen molar-refractivity contribution in [2.24, 2.45) is 5.92 Å². The van der Waals surface area contributed by atoms with E-state index in [9.17, 15) is 4.79 Å². The fourth-order valence-electron chi connectivity index (χ4n) is 1.06. The maximum Gasteiger partial charge on any atom is 0.253 e. The Morgan fingerprint density at radius 1 is 1.50 bits per heavy atom. The summed E-state index contributed by atoms with van der Waals surface area (Å²) in [7, 11) is 0. The second-order valence-electron chi connectivity index (χ2n) is 3.63. The highest BCUT2D eigenvalue weighted by molar-refractivity contribution is 9.12. The number of carbonyl (C=O) groups is 1. The Morgan fingerprint density at radius 3 is 2.56 bits per heavy atom. The molecule has 0 saturated carbocycles. The van der Waals surface area contributed by atoms with Gasteiger partial charge in [-0.15, -0.1) is 11.3 Å². The molecule has 0 aliphatic rings. The van der Waals surface area contributed by atoms with Crippen molar-refractivity contribution in [1.82, 2.24) is 5.32 Å². The predicted octanol–water partition coefficient (Wildman–Crippen LogP) is 4.42. The molecule has 1 aromatic heterocycles. The number of rotatable bonds is 4. The van der Waals surface area contributed by atoms with Gasteiger partial charge in [-0.2, -0.15) is 0 Å². The lowest BCUT2D eigenvalue weighted by molar-refractivity contribution is 0.0931. The van der Waals surface area contributed by atoms with Crippen molar-refractivity contribution >= 4 is 65.0 Å². The summed E-state index contributed by atoms with van der Waals surface area (Å²) in [6, 6.07) is 1.98. The lowest BCUT2D eigenvalue weighted by Crippen LogP contribution is -2.37. The number of nitrogens with one attached hydrogen (secondary N) is 1. The van der Waals surface area contributed by atoms with E-state index in [-0.39, 0.29) is 11.9 Å². The molecule has 0 aliphatic carbocycles. The van der Waals surface area contributed by atoms with E-state index in [0.717, 1.165) is 12.9 Å². The Morgan fingerprint density at radius 2 is 2.12 bits per heavy atom. The van der Waals surface area contributed by atoms with E-state index in [4.69, 9.17) is 0 Å². The van der Waals surface area contributed by atoms with Crippen LogP contribution in [-0.2, 0) is 0 Å². The van der Waals surface area contributed by atoms with Gasteiger partial charge in [0.1, 0.15) is 0 Å². The summed E-state index contributed by atoms with van der Waals surface area (Å²) in [5, 5.41) is 3.87. The summed E-state index contributed by atoms with van der Waals surface area (Å²) in [4.78, 5) is 11.9. The summed E-state index contributed by atoms with van der Waals surface area (Å²) in [6.45, 7) is 4.11. The Kier molecular flexibility index (Phi) is 5.98. The largest absolute Gasteiger partial charge is 0.349 e. The van der Waals surface area contributed by atoms with Gasteiger partial charge in [-0.1, -0.05) is 22.9 Å². The lowest BCUT2D eigenvalue weighted by Gasteiger charge is -2.18. The smallest absolute Gasteiger partial charge is 0.253 e. The standard InChI is InChI=1S/C10H12Br3NOS/c1-5(4-11)6(2)14-10(15)7-3-8(12)16-9(7)13/h3,5-6H,4H2,1-2H3,(H,14,15). The Hall–Kier alpha value is 0.610.